The first-order valence-corrected chi connectivity index (χ1v) is 9.71. The quantitative estimate of drug-likeness (QED) is 0.540. The van der Waals surface area contributed by atoms with Gasteiger partial charge in [0.05, 0.1) is 0 Å². The van der Waals surface area contributed by atoms with Crippen LogP contribution in [0, 0.1) is 0 Å². The molecule has 0 fully saturated rings. The fourth-order valence-corrected chi connectivity index (χ4v) is 2.57. The van der Waals surface area contributed by atoms with Crippen molar-refractivity contribution in [1.29, 1.82) is 0 Å². The predicted octanol–water partition coefficient (Wildman–Crippen LogP) is 1.58. The van der Waals surface area contributed by atoms with E-state index in [0.717, 1.165) is 0 Å². The maximum atomic E-state index is 12.2. The van der Waals surface area contributed by atoms with Crippen molar-refractivity contribution in [3.05, 3.63) is 0 Å². The lowest BCUT2D eigenvalue weighted by atomic mass is 10.3. The summed E-state index contributed by atoms with van der Waals surface area (Å²) in [4.78, 5) is 64.0. The van der Waals surface area contributed by atoms with Crippen molar-refractivity contribution in [2.45, 2.75) is 66.7 Å². The van der Waals surface area contributed by atoms with E-state index >= 15 is 0 Å². The number of carbonyl (C=O) groups excluding carboxylic acids is 5. The second-order valence-electron chi connectivity index (χ2n) is 6.03. The Bertz CT molecular complexity index is 475. The van der Waals surface area contributed by atoms with Crippen LogP contribution < -0.4 is 0 Å². The average Bonchev–Trinajstić information content (AvgIpc) is 2.70. The van der Waals surface area contributed by atoms with Crippen LogP contribution in [0.25, 0.3) is 0 Å². The molecule has 154 valence electrons. The smallest absolute Gasteiger partial charge is 0.228 e. The molecule has 0 heterocycles. The monoisotopic (exact) mass is 383 g/mol. The Hall–Kier alpha value is -2.25. The maximum Gasteiger partial charge on any atom is 0.228 e. The minimum Gasteiger partial charge on any atom is -0.339 e. The minimum atomic E-state index is -0.283. The van der Waals surface area contributed by atoms with Gasteiger partial charge in [-0.1, -0.05) is 34.6 Å². The van der Waals surface area contributed by atoms with E-state index < -0.39 is 0 Å². The van der Waals surface area contributed by atoms with E-state index in [0.29, 0.717) is 0 Å². The van der Waals surface area contributed by atoms with E-state index in [9.17, 15) is 24.0 Å². The molecule has 0 radical (unpaired) electrons. The molecule has 0 aliphatic carbocycles. The number of hydrogen-bond acceptors (Lipinski definition) is 5. The molecule has 0 aliphatic rings. The Kier molecular flexibility index (Phi) is 11.9. The molecule has 0 aromatic rings. The van der Waals surface area contributed by atoms with Crippen LogP contribution in [-0.4, -0.2) is 70.4 Å². The van der Waals surface area contributed by atoms with Gasteiger partial charge in [-0.3, -0.25) is 33.8 Å². The number of imide groups is 2. The Balaban J connectivity index is 5.14. The normalized spacial score (nSPS) is 10.3. The maximum absolute atomic E-state index is 12.2. The second kappa shape index (κ2) is 13.0. The van der Waals surface area contributed by atoms with Crippen LogP contribution in [0.15, 0.2) is 0 Å². The third-order valence-corrected chi connectivity index (χ3v) is 4.26. The zero-order valence-electron chi connectivity index (χ0n) is 17.2. The fraction of sp³-hybridized carbons (Fsp3) is 0.737. The molecule has 0 bridgehead atoms. The highest BCUT2D eigenvalue weighted by Gasteiger charge is 2.23. The molecule has 0 aliphatic heterocycles. The molecule has 0 atom stereocenters. The van der Waals surface area contributed by atoms with E-state index in [1.165, 1.54) is 14.7 Å². The zero-order chi connectivity index (χ0) is 21.0. The third kappa shape index (κ3) is 7.88. The van der Waals surface area contributed by atoms with Crippen molar-refractivity contribution >= 4 is 29.5 Å². The molecular formula is C19H33N3O5. The lowest BCUT2D eigenvalue weighted by molar-refractivity contribution is -0.146. The molecule has 0 saturated carbocycles. The molecule has 0 aromatic carbocycles. The van der Waals surface area contributed by atoms with Gasteiger partial charge >= 0.3 is 0 Å². The molecular weight excluding hydrogens is 350 g/mol. The van der Waals surface area contributed by atoms with Crippen LogP contribution >= 0.6 is 0 Å². The van der Waals surface area contributed by atoms with Crippen molar-refractivity contribution in [3.8, 4) is 0 Å². The van der Waals surface area contributed by atoms with Crippen LogP contribution in [0.5, 0.6) is 0 Å². The first-order chi connectivity index (χ1) is 12.8. The molecule has 0 unspecified atom stereocenters. The minimum absolute atomic E-state index is 0.106. The van der Waals surface area contributed by atoms with E-state index in [4.69, 9.17) is 0 Å². The number of amides is 5. The summed E-state index contributed by atoms with van der Waals surface area (Å²) in [6.07, 6.45) is 1.08. The number of hydrogen-bond donors (Lipinski definition) is 0. The SMILES string of the molecule is CCC(=O)N(CCN(C(=O)CC)C(=O)CC)CCN(C(=O)CC)C(=O)CC. The first-order valence-electron chi connectivity index (χ1n) is 9.71. The van der Waals surface area contributed by atoms with Gasteiger partial charge < -0.3 is 4.90 Å². The third-order valence-electron chi connectivity index (χ3n) is 4.26. The van der Waals surface area contributed by atoms with Crippen LogP contribution in [0.1, 0.15) is 66.7 Å². The van der Waals surface area contributed by atoms with E-state index in [1.807, 2.05) is 0 Å². The average molecular weight is 383 g/mol. The Morgan fingerprint density at radius 3 is 0.926 bits per heavy atom. The van der Waals surface area contributed by atoms with E-state index in [-0.39, 0.29) is 87.8 Å². The predicted molar refractivity (Wildman–Crippen MR) is 101 cm³/mol. The number of nitrogens with zero attached hydrogens (tertiary/aromatic N) is 3. The lowest BCUT2D eigenvalue weighted by Gasteiger charge is -2.29. The topological polar surface area (TPSA) is 95.1 Å². The molecule has 5 amide bonds. The van der Waals surface area contributed by atoms with Gasteiger partial charge in [0.15, 0.2) is 0 Å². The molecule has 8 nitrogen and oxygen atoms in total. The van der Waals surface area contributed by atoms with Gasteiger partial charge in [0, 0.05) is 58.3 Å². The molecule has 0 N–H and O–H groups in total. The largest absolute Gasteiger partial charge is 0.339 e. The Morgan fingerprint density at radius 1 is 0.444 bits per heavy atom. The highest BCUT2D eigenvalue weighted by molar-refractivity contribution is 5.95. The summed E-state index contributed by atoms with van der Waals surface area (Å²) in [5.41, 5.74) is 0. The number of rotatable bonds is 11. The van der Waals surface area contributed by atoms with Crippen LogP contribution in [0.3, 0.4) is 0 Å². The van der Waals surface area contributed by atoms with Crippen LogP contribution in [0.4, 0.5) is 0 Å². The summed E-state index contributed by atoms with van der Waals surface area (Å²) < 4.78 is 0. The van der Waals surface area contributed by atoms with Crippen molar-refractivity contribution in [3.63, 3.8) is 0 Å². The Labute approximate surface area is 161 Å². The van der Waals surface area contributed by atoms with Crippen molar-refractivity contribution < 1.29 is 24.0 Å². The molecule has 0 saturated heterocycles. The van der Waals surface area contributed by atoms with Crippen molar-refractivity contribution in [1.82, 2.24) is 14.7 Å². The van der Waals surface area contributed by atoms with Gasteiger partial charge in [0.25, 0.3) is 0 Å². The Morgan fingerprint density at radius 2 is 0.704 bits per heavy atom. The van der Waals surface area contributed by atoms with E-state index in [1.54, 1.807) is 34.6 Å². The summed E-state index contributed by atoms with van der Waals surface area (Å²) in [6.45, 7) is 9.00. The van der Waals surface area contributed by atoms with Gasteiger partial charge in [0.2, 0.25) is 29.5 Å². The second-order valence-corrected chi connectivity index (χ2v) is 6.03. The van der Waals surface area contributed by atoms with Gasteiger partial charge in [-0.2, -0.15) is 0 Å². The molecule has 0 rings (SSSR count). The number of carbonyl (C=O) groups is 5. The van der Waals surface area contributed by atoms with Crippen molar-refractivity contribution in [2.24, 2.45) is 0 Å². The highest BCUT2D eigenvalue weighted by atomic mass is 16.2. The lowest BCUT2D eigenvalue weighted by Crippen LogP contribution is -2.47. The van der Waals surface area contributed by atoms with Crippen molar-refractivity contribution in [2.75, 3.05) is 26.2 Å². The van der Waals surface area contributed by atoms with E-state index in [2.05, 4.69) is 0 Å². The summed E-state index contributed by atoms with van der Waals surface area (Å²) in [7, 11) is 0. The summed E-state index contributed by atoms with van der Waals surface area (Å²) in [5, 5.41) is 0. The van der Waals surface area contributed by atoms with Gasteiger partial charge in [-0.15, -0.1) is 0 Å². The van der Waals surface area contributed by atoms with Gasteiger partial charge in [0.1, 0.15) is 0 Å². The summed E-state index contributed by atoms with van der Waals surface area (Å²) >= 11 is 0. The van der Waals surface area contributed by atoms with Gasteiger partial charge in [-0.25, -0.2) is 0 Å². The molecule has 0 aromatic heterocycles. The molecule has 27 heavy (non-hydrogen) atoms. The standard InChI is InChI=1S/C19H33N3O5/c1-6-15(23)20(11-13-21(16(24)7-2)17(25)8-3)12-14-22(18(26)9-4)19(27)10-5/h6-14H2,1-5H3. The van der Waals surface area contributed by atoms with Crippen LogP contribution in [0.2, 0.25) is 0 Å². The molecule has 8 heteroatoms. The fourth-order valence-electron chi connectivity index (χ4n) is 2.57. The summed E-state index contributed by atoms with van der Waals surface area (Å²) in [6, 6.07) is 0. The van der Waals surface area contributed by atoms with Crippen LogP contribution in [-0.2, 0) is 24.0 Å². The highest BCUT2D eigenvalue weighted by Crippen LogP contribution is 2.04. The zero-order valence-corrected chi connectivity index (χ0v) is 17.2. The first kappa shape index (κ1) is 24.8. The summed E-state index contributed by atoms with van der Waals surface area (Å²) in [5.74, 6) is -1.29. The molecule has 0 spiro atoms. The van der Waals surface area contributed by atoms with Gasteiger partial charge in [-0.05, 0) is 0 Å².